The molecule has 0 amide bonds. The van der Waals surface area contributed by atoms with Crippen LogP contribution in [0.25, 0.3) is 21.9 Å². The Morgan fingerprint density at radius 2 is 1.24 bits per heavy atom. The molecule has 0 spiro atoms. The number of benzene rings is 5. The summed E-state index contributed by atoms with van der Waals surface area (Å²) in [7, 11) is 0.968. The molecule has 0 saturated heterocycles. The van der Waals surface area contributed by atoms with Crippen molar-refractivity contribution in [1.29, 1.82) is 0 Å². The Bertz CT molecular complexity index is 2070. The molecule has 5 aromatic rings. The highest BCUT2D eigenvalue weighted by atomic mass is 19.3. The van der Waals surface area contributed by atoms with Crippen LogP contribution in [-0.2, 0) is 6.11 Å². The molecule has 236 valence electrons. The van der Waals surface area contributed by atoms with Crippen molar-refractivity contribution in [2.45, 2.75) is 13.0 Å². The lowest BCUT2D eigenvalue weighted by Crippen LogP contribution is -2.25. The van der Waals surface area contributed by atoms with Crippen LogP contribution >= 0.6 is 0 Å². The molecule has 0 saturated carbocycles. The first-order chi connectivity index (χ1) is 21.6. The molecule has 2 nitrogen and oxygen atoms in total. The van der Waals surface area contributed by atoms with Crippen molar-refractivity contribution in [3.8, 4) is 34.5 Å². The van der Waals surface area contributed by atoms with Crippen molar-refractivity contribution in [3.63, 3.8) is 0 Å². The SMILES string of the molecule is COc1cc(OC(F)(F)c2c(F)cc(-c3c(F)cc4cc(C)cc(F)c4c3F)cc2F)cc(F)c1C#Cc1cc(F)c(F)c(F)c1. The Balaban J connectivity index is 1.50. The zero-order chi connectivity index (χ0) is 33.7. The summed E-state index contributed by atoms with van der Waals surface area (Å²) in [5, 5.41) is -0.881. The topological polar surface area (TPSA) is 18.5 Å². The number of fused-ring (bicyclic) bond motifs is 1. The number of rotatable bonds is 5. The molecule has 0 N–H and O–H groups in total. The molecule has 5 aromatic carbocycles. The number of ether oxygens (including phenoxy) is 2. The van der Waals surface area contributed by atoms with E-state index in [1.54, 1.807) is 0 Å². The average molecular weight is 652 g/mol. The third-order valence-electron chi connectivity index (χ3n) is 6.66. The van der Waals surface area contributed by atoms with Crippen LogP contribution in [0.3, 0.4) is 0 Å². The molecule has 0 unspecified atom stereocenters. The Morgan fingerprint density at radius 1 is 0.609 bits per heavy atom. The van der Waals surface area contributed by atoms with E-state index < -0.39 is 103 Å². The van der Waals surface area contributed by atoms with Crippen LogP contribution in [0, 0.1) is 71.1 Å². The highest BCUT2D eigenvalue weighted by Gasteiger charge is 2.42. The Kier molecular flexibility index (Phi) is 8.33. The van der Waals surface area contributed by atoms with E-state index in [-0.39, 0.29) is 17.5 Å². The van der Waals surface area contributed by atoms with E-state index >= 15 is 22.0 Å². The molecule has 13 heteroatoms. The second kappa shape index (κ2) is 11.9. The van der Waals surface area contributed by atoms with Gasteiger partial charge in [0, 0.05) is 17.7 Å². The van der Waals surface area contributed by atoms with Crippen molar-refractivity contribution in [1.82, 2.24) is 0 Å². The van der Waals surface area contributed by atoms with Crippen molar-refractivity contribution in [3.05, 3.63) is 129 Å². The highest BCUT2D eigenvalue weighted by molar-refractivity contribution is 5.89. The summed E-state index contributed by atoms with van der Waals surface area (Å²) in [6.45, 7) is 1.47. The third-order valence-corrected chi connectivity index (χ3v) is 6.66. The maximum absolute atomic E-state index is 15.2. The molecular weight excluding hydrogens is 637 g/mol. The van der Waals surface area contributed by atoms with Gasteiger partial charge in [-0.2, -0.15) is 8.78 Å². The predicted octanol–water partition coefficient (Wildman–Crippen LogP) is 9.60. The smallest absolute Gasteiger partial charge is 0.432 e. The summed E-state index contributed by atoms with van der Waals surface area (Å²) >= 11 is 0. The molecule has 5 rings (SSSR count). The Morgan fingerprint density at radius 3 is 1.85 bits per heavy atom. The fraction of sp³-hybridized carbons (Fsp3) is 0.0909. The largest absolute Gasteiger partial charge is 0.495 e. The maximum atomic E-state index is 15.2. The normalized spacial score (nSPS) is 11.4. The van der Waals surface area contributed by atoms with Crippen molar-refractivity contribution in [2.75, 3.05) is 7.11 Å². The number of aryl methyl sites for hydroxylation is 1. The van der Waals surface area contributed by atoms with Crippen LogP contribution in [0.5, 0.6) is 11.5 Å². The van der Waals surface area contributed by atoms with E-state index in [1.165, 1.54) is 13.0 Å². The molecule has 0 aliphatic heterocycles. The van der Waals surface area contributed by atoms with E-state index in [0.29, 0.717) is 29.8 Å². The fourth-order valence-corrected chi connectivity index (χ4v) is 4.67. The van der Waals surface area contributed by atoms with E-state index in [9.17, 15) is 26.3 Å². The summed E-state index contributed by atoms with van der Waals surface area (Å²) in [5.41, 5.74) is -4.66. The summed E-state index contributed by atoms with van der Waals surface area (Å²) in [5.74, 6) is -11.6. The van der Waals surface area contributed by atoms with E-state index in [1.807, 2.05) is 0 Å². The lowest BCUT2D eigenvalue weighted by Gasteiger charge is -2.21. The number of hydrogen-bond acceptors (Lipinski definition) is 2. The summed E-state index contributed by atoms with van der Waals surface area (Å²) in [6, 6.07) is 5.35. The predicted molar refractivity (Wildman–Crippen MR) is 144 cm³/mol. The second-order valence-electron chi connectivity index (χ2n) is 9.81. The van der Waals surface area contributed by atoms with Crippen molar-refractivity contribution >= 4 is 10.8 Å². The van der Waals surface area contributed by atoms with Crippen molar-refractivity contribution < 1.29 is 57.8 Å². The fourth-order valence-electron chi connectivity index (χ4n) is 4.67. The van der Waals surface area contributed by atoms with Gasteiger partial charge in [0.15, 0.2) is 17.5 Å². The molecule has 0 aliphatic rings. The maximum Gasteiger partial charge on any atom is 0.432 e. The lowest BCUT2D eigenvalue weighted by molar-refractivity contribution is -0.189. The highest BCUT2D eigenvalue weighted by Crippen LogP contribution is 2.40. The molecule has 46 heavy (non-hydrogen) atoms. The number of hydrogen-bond donors (Lipinski definition) is 0. The molecule has 0 aliphatic carbocycles. The molecule has 0 fully saturated rings. The molecule has 0 atom stereocenters. The van der Waals surface area contributed by atoms with E-state index in [2.05, 4.69) is 16.6 Å². The molecular formula is C33H15F11O2. The van der Waals surface area contributed by atoms with Gasteiger partial charge < -0.3 is 9.47 Å². The van der Waals surface area contributed by atoms with Gasteiger partial charge in [-0.05, 0) is 59.8 Å². The lowest BCUT2D eigenvalue weighted by atomic mass is 9.96. The summed E-state index contributed by atoms with van der Waals surface area (Å²) in [4.78, 5) is 0. The van der Waals surface area contributed by atoms with Gasteiger partial charge >= 0.3 is 6.11 Å². The van der Waals surface area contributed by atoms with Crippen molar-refractivity contribution in [2.24, 2.45) is 0 Å². The average Bonchev–Trinajstić information content (AvgIpc) is 2.93. The van der Waals surface area contributed by atoms with Gasteiger partial charge in [0.25, 0.3) is 0 Å². The zero-order valence-electron chi connectivity index (χ0n) is 23.2. The quantitative estimate of drug-likeness (QED) is 0.107. The minimum atomic E-state index is -4.86. The third kappa shape index (κ3) is 5.90. The summed E-state index contributed by atoms with van der Waals surface area (Å²) < 4.78 is 169. The number of methoxy groups -OCH3 is 1. The van der Waals surface area contributed by atoms with Crippen LogP contribution in [0.2, 0.25) is 0 Å². The Hall–Kier alpha value is -5.25. The zero-order valence-corrected chi connectivity index (χ0v) is 23.2. The molecule has 0 heterocycles. The molecule has 0 aromatic heterocycles. The standard InChI is InChI=1S/C33H15F11O2/c1-14-5-16-9-22(36)29(32(42)28(16)21(35)6-14)17-10-23(37)30(24(38)11-17)33(43,44)46-18-12-20(34)19(27(13-18)45-2)4-3-15-7-25(39)31(41)26(40)8-15/h5-13H,1-2H3. The minimum Gasteiger partial charge on any atom is -0.495 e. The van der Waals surface area contributed by atoms with E-state index in [4.69, 9.17) is 4.74 Å². The van der Waals surface area contributed by atoms with Gasteiger partial charge in [0.2, 0.25) is 0 Å². The Labute approximate surface area is 252 Å². The van der Waals surface area contributed by atoms with E-state index in [0.717, 1.165) is 19.2 Å². The van der Waals surface area contributed by atoms with Gasteiger partial charge in [-0.25, -0.2) is 39.5 Å². The van der Waals surface area contributed by atoms with Crippen LogP contribution in [0.4, 0.5) is 48.3 Å². The molecule has 0 radical (unpaired) electrons. The van der Waals surface area contributed by atoms with Crippen LogP contribution in [0.15, 0.2) is 54.6 Å². The van der Waals surface area contributed by atoms with Crippen LogP contribution in [0.1, 0.15) is 22.3 Å². The van der Waals surface area contributed by atoms with Crippen LogP contribution in [-0.4, -0.2) is 7.11 Å². The minimum absolute atomic E-state index is 0.188. The van der Waals surface area contributed by atoms with Gasteiger partial charge in [-0.3, -0.25) is 0 Å². The van der Waals surface area contributed by atoms with Gasteiger partial charge in [-0.1, -0.05) is 17.9 Å². The first-order valence-corrected chi connectivity index (χ1v) is 12.8. The monoisotopic (exact) mass is 652 g/mol. The van der Waals surface area contributed by atoms with Gasteiger partial charge in [0.1, 0.15) is 57.5 Å². The second-order valence-corrected chi connectivity index (χ2v) is 9.81. The first kappa shape index (κ1) is 32.2. The number of alkyl halides is 2. The number of halogens is 11. The van der Waals surface area contributed by atoms with Gasteiger partial charge in [0.05, 0.1) is 18.1 Å². The summed E-state index contributed by atoms with van der Waals surface area (Å²) in [6.07, 6.45) is -4.86. The van der Waals surface area contributed by atoms with Crippen LogP contribution < -0.4 is 9.47 Å². The van der Waals surface area contributed by atoms with Gasteiger partial charge in [-0.15, -0.1) is 0 Å². The first-order valence-electron chi connectivity index (χ1n) is 12.8. The molecule has 0 bridgehead atoms.